The number of rotatable bonds is 9. The zero-order valence-corrected chi connectivity index (χ0v) is 16.2. The Kier molecular flexibility index (Phi) is 7.86. The van der Waals surface area contributed by atoms with Gasteiger partial charge in [0.15, 0.2) is 6.10 Å². The van der Waals surface area contributed by atoms with Gasteiger partial charge in [-0.3, -0.25) is 9.59 Å². The van der Waals surface area contributed by atoms with Crippen LogP contribution in [0.3, 0.4) is 0 Å². The van der Waals surface area contributed by atoms with Gasteiger partial charge in [-0.05, 0) is 43.5 Å². The minimum Gasteiger partial charge on any atom is -0.481 e. The summed E-state index contributed by atoms with van der Waals surface area (Å²) in [6.45, 7) is 6.43. The van der Waals surface area contributed by atoms with Gasteiger partial charge >= 0.3 is 0 Å². The fourth-order valence-corrected chi connectivity index (χ4v) is 2.65. The largest absolute Gasteiger partial charge is 0.481 e. The topological polar surface area (TPSA) is 67.4 Å². The van der Waals surface area contributed by atoms with Gasteiger partial charge in [-0.2, -0.15) is 0 Å². The zero-order chi connectivity index (χ0) is 19.6. The summed E-state index contributed by atoms with van der Waals surface area (Å²) in [6.07, 6.45) is 2.06. The van der Waals surface area contributed by atoms with E-state index in [0.717, 1.165) is 24.8 Å². The molecular formula is C22H28N2O3. The second-order valence-corrected chi connectivity index (χ2v) is 6.37. The summed E-state index contributed by atoms with van der Waals surface area (Å²) in [6, 6.07) is 14.7. The van der Waals surface area contributed by atoms with Crippen LogP contribution in [0.5, 0.6) is 5.75 Å². The maximum absolute atomic E-state index is 12.6. The van der Waals surface area contributed by atoms with E-state index in [1.54, 1.807) is 31.2 Å². The number of carbonyl (C=O) groups is 2. The van der Waals surface area contributed by atoms with Crippen molar-refractivity contribution in [3.8, 4) is 5.75 Å². The van der Waals surface area contributed by atoms with E-state index in [0.29, 0.717) is 23.5 Å². The lowest BCUT2D eigenvalue weighted by atomic mass is 10.1. The molecule has 1 atom stereocenters. The van der Waals surface area contributed by atoms with Gasteiger partial charge in [-0.15, -0.1) is 0 Å². The van der Waals surface area contributed by atoms with Crippen molar-refractivity contribution in [2.24, 2.45) is 0 Å². The first-order chi connectivity index (χ1) is 13.1. The molecule has 2 aromatic rings. The van der Waals surface area contributed by atoms with Gasteiger partial charge in [0.2, 0.25) is 0 Å². The SMILES string of the molecule is CCCCNC(=O)c1ccccc1NC(=O)C(C)Oc1ccccc1CC. The highest BCUT2D eigenvalue weighted by Crippen LogP contribution is 2.21. The number of nitrogens with one attached hydrogen (secondary N) is 2. The zero-order valence-electron chi connectivity index (χ0n) is 16.2. The summed E-state index contributed by atoms with van der Waals surface area (Å²) < 4.78 is 5.84. The number of amides is 2. The Morgan fingerprint density at radius 1 is 1.04 bits per heavy atom. The summed E-state index contributed by atoms with van der Waals surface area (Å²) in [4.78, 5) is 25.0. The number of anilines is 1. The molecule has 5 nitrogen and oxygen atoms in total. The molecule has 0 saturated heterocycles. The van der Waals surface area contributed by atoms with Gasteiger partial charge in [0.05, 0.1) is 11.3 Å². The number of para-hydroxylation sites is 2. The lowest BCUT2D eigenvalue weighted by molar-refractivity contribution is -0.122. The standard InChI is InChI=1S/C22H28N2O3/c1-4-6-15-23-22(26)18-12-8-9-13-19(18)24-21(25)16(3)27-20-14-10-7-11-17(20)5-2/h7-14,16H,4-6,15H2,1-3H3,(H,23,26)(H,24,25). The van der Waals surface area contributed by atoms with Crippen molar-refractivity contribution in [3.63, 3.8) is 0 Å². The van der Waals surface area contributed by atoms with Gasteiger partial charge in [0.1, 0.15) is 5.75 Å². The fourth-order valence-electron chi connectivity index (χ4n) is 2.65. The molecular weight excluding hydrogens is 340 g/mol. The monoisotopic (exact) mass is 368 g/mol. The lowest BCUT2D eigenvalue weighted by Crippen LogP contribution is -2.32. The fraction of sp³-hybridized carbons (Fsp3) is 0.364. The van der Waals surface area contributed by atoms with Crippen molar-refractivity contribution in [1.82, 2.24) is 5.32 Å². The molecule has 144 valence electrons. The normalized spacial score (nSPS) is 11.5. The van der Waals surface area contributed by atoms with Gasteiger partial charge in [0.25, 0.3) is 11.8 Å². The molecule has 2 amide bonds. The van der Waals surface area contributed by atoms with E-state index >= 15 is 0 Å². The predicted molar refractivity (Wildman–Crippen MR) is 108 cm³/mol. The molecule has 0 saturated carbocycles. The third-order valence-electron chi connectivity index (χ3n) is 4.27. The van der Waals surface area contributed by atoms with Crippen molar-refractivity contribution < 1.29 is 14.3 Å². The van der Waals surface area contributed by atoms with Crippen LogP contribution in [0.2, 0.25) is 0 Å². The van der Waals surface area contributed by atoms with Gasteiger partial charge in [0, 0.05) is 6.54 Å². The average Bonchev–Trinajstić information content (AvgIpc) is 2.68. The van der Waals surface area contributed by atoms with E-state index in [4.69, 9.17) is 4.74 Å². The molecule has 27 heavy (non-hydrogen) atoms. The Labute approximate surface area is 161 Å². The molecule has 5 heteroatoms. The summed E-state index contributed by atoms with van der Waals surface area (Å²) in [5, 5.41) is 5.69. The van der Waals surface area contributed by atoms with Crippen LogP contribution in [0, 0.1) is 0 Å². The third kappa shape index (κ3) is 5.84. The average molecular weight is 368 g/mol. The van der Waals surface area contributed by atoms with Gasteiger partial charge in [-0.25, -0.2) is 0 Å². The number of carbonyl (C=O) groups excluding carboxylic acids is 2. The Morgan fingerprint density at radius 3 is 2.48 bits per heavy atom. The van der Waals surface area contributed by atoms with E-state index in [9.17, 15) is 9.59 Å². The number of hydrogen-bond donors (Lipinski definition) is 2. The van der Waals surface area contributed by atoms with Gasteiger partial charge < -0.3 is 15.4 Å². The van der Waals surface area contributed by atoms with Crippen LogP contribution < -0.4 is 15.4 Å². The van der Waals surface area contributed by atoms with Crippen molar-refractivity contribution >= 4 is 17.5 Å². The number of benzene rings is 2. The van der Waals surface area contributed by atoms with Crippen molar-refractivity contribution in [1.29, 1.82) is 0 Å². The second kappa shape index (κ2) is 10.4. The molecule has 2 N–H and O–H groups in total. The number of unbranched alkanes of at least 4 members (excludes halogenated alkanes) is 1. The van der Waals surface area contributed by atoms with Crippen LogP contribution >= 0.6 is 0 Å². The molecule has 1 unspecified atom stereocenters. The van der Waals surface area contributed by atoms with Crippen molar-refractivity contribution in [3.05, 3.63) is 59.7 Å². The molecule has 0 aliphatic carbocycles. The summed E-state index contributed by atoms with van der Waals surface area (Å²) in [5.41, 5.74) is 1.98. The van der Waals surface area contributed by atoms with E-state index in [2.05, 4.69) is 17.6 Å². The molecule has 0 aliphatic rings. The molecule has 2 rings (SSSR count). The molecule has 0 radical (unpaired) electrons. The third-order valence-corrected chi connectivity index (χ3v) is 4.27. The Balaban J connectivity index is 2.05. The lowest BCUT2D eigenvalue weighted by Gasteiger charge is -2.18. The first kappa shape index (κ1) is 20.5. The molecule has 0 aliphatic heterocycles. The smallest absolute Gasteiger partial charge is 0.265 e. The van der Waals surface area contributed by atoms with Crippen LogP contribution in [0.4, 0.5) is 5.69 Å². The molecule has 0 spiro atoms. The highest BCUT2D eigenvalue weighted by Gasteiger charge is 2.19. The van der Waals surface area contributed by atoms with E-state index in [1.165, 1.54) is 0 Å². The van der Waals surface area contributed by atoms with Crippen LogP contribution in [0.15, 0.2) is 48.5 Å². The van der Waals surface area contributed by atoms with Crippen LogP contribution in [-0.2, 0) is 11.2 Å². The molecule has 0 aromatic heterocycles. The van der Waals surface area contributed by atoms with Gasteiger partial charge in [-0.1, -0.05) is 50.6 Å². The molecule has 0 heterocycles. The number of hydrogen-bond acceptors (Lipinski definition) is 3. The Bertz CT molecular complexity index is 774. The van der Waals surface area contributed by atoms with Crippen LogP contribution in [0.25, 0.3) is 0 Å². The highest BCUT2D eigenvalue weighted by atomic mass is 16.5. The molecule has 0 fully saturated rings. The first-order valence-corrected chi connectivity index (χ1v) is 9.49. The molecule has 2 aromatic carbocycles. The highest BCUT2D eigenvalue weighted by molar-refractivity contribution is 6.04. The first-order valence-electron chi connectivity index (χ1n) is 9.49. The predicted octanol–water partition coefficient (Wildman–Crippen LogP) is 4.18. The van der Waals surface area contributed by atoms with Crippen molar-refractivity contribution in [2.45, 2.75) is 46.1 Å². The minimum atomic E-state index is -0.686. The number of aryl methyl sites for hydroxylation is 1. The van der Waals surface area contributed by atoms with E-state index in [1.807, 2.05) is 31.2 Å². The maximum Gasteiger partial charge on any atom is 0.265 e. The summed E-state index contributed by atoms with van der Waals surface area (Å²) >= 11 is 0. The van der Waals surface area contributed by atoms with Crippen LogP contribution in [0.1, 0.15) is 49.5 Å². The Hall–Kier alpha value is -2.82. The van der Waals surface area contributed by atoms with Crippen molar-refractivity contribution in [2.75, 3.05) is 11.9 Å². The quantitative estimate of drug-likeness (QED) is 0.652. The number of ether oxygens (including phenoxy) is 1. The summed E-state index contributed by atoms with van der Waals surface area (Å²) in [5.74, 6) is 0.215. The van der Waals surface area contributed by atoms with E-state index < -0.39 is 6.10 Å². The second-order valence-electron chi connectivity index (χ2n) is 6.37. The molecule has 0 bridgehead atoms. The van der Waals surface area contributed by atoms with Crippen LogP contribution in [-0.4, -0.2) is 24.5 Å². The maximum atomic E-state index is 12.6. The Morgan fingerprint density at radius 2 is 1.74 bits per heavy atom. The summed E-state index contributed by atoms with van der Waals surface area (Å²) in [7, 11) is 0. The van der Waals surface area contributed by atoms with E-state index in [-0.39, 0.29) is 11.8 Å². The minimum absolute atomic E-state index is 0.191.